The van der Waals surface area contributed by atoms with E-state index in [1.807, 2.05) is 0 Å². The molecule has 12 nitrogen and oxygen atoms in total. The molecule has 0 radical (unpaired) electrons. The summed E-state index contributed by atoms with van der Waals surface area (Å²) in [7, 11) is 0. The molecule has 1 fully saturated rings. The van der Waals surface area contributed by atoms with E-state index in [9.17, 15) is 29.8 Å². The number of non-ortho nitro benzene ring substituents is 2. The molecule has 0 aliphatic carbocycles. The second kappa shape index (κ2) is 10.6. The van der Waals surface area contributed by atoms with Gasteiger partial charge < -0.3 is 18.9 Å². The van der Waals surface area contributed by atoms with Crippen molar-refractivity contribution in [3.05, 3.63) is 79.9 Å². The van der Waals surface area contributed by atoms with E-state index in [4.69, 9.17) is 18.9 Å². The number of carbonyl (C=O) groups excluding carboxylic acids is 2. The van der Waals surface area contributed by atoms with E-state index in [-0.39, 0.29) is 48.6 Å². The Balaban J connectivity index is 1.47. The van der Waals surface area contributed by atoms with Gasteiger partial charge in [-0.3, -0.25) is 20.2 Å². The Morgan fingerprint density at radius 1 is 0.758 bits per heavy atom. The van der Waals surface area contributed by atoms with Gasteiger partial charge in [0.1, 0.15) is 0 Å². The maximum absolute atomic E-state index is 12.1. The first kappa shape index (κ1) is 23.8. The zero-order valence-electron chi connectivity index (χ0n) is 17.3. The van der Waals surface area contributed by atoms with Gasteiger partial charge in [-0.25, -0.2) is 9.59 Å². The molecule has 174 valence electrons. The number of nitro benzene ring substituents is 2. The average Bonchev–Trinajstić information content (AvgIpc) is 3.27. The number of nitrogens with zero attached hydrogens (tertiary/aromatic N) is 2. The van der Waals surface area contributed by atoms with Crippen LogP contribution >= 0.6 is 0 Å². The van der Waals surface area contributed by atoms with Crippen molar-refractivity contribution in [2.45, 2.75) is 18.6 Å². The monoisotopic (exact) mass is 460 g/mol. The first-order chi connectivity index (χ1) is 15.8. The maximum Gasteiger partial charge on any atom is 0.338 e. The molecule has 0 spiro atoms. The van der Waals surface area contributed by atoms with Crippen molar-refractivity contribution in [2.75, 3.05) is 26.4 Å². The predicted octanol–water partition coefficient (Wildman–Crippen LogP) is 3.04. The third-order valence-electron chi connectivity index (χ3n) is 4.87. The first-order valence-corrected chi connectivity index (χ1v) is 9.91. The molecule has 0 unspecified atom stereocenters. The van der Waals surface area contributed by atoms with E-state index in [1.165, 1.54) is 48.5 Å². The molecule has 1 aliphatic rings. The van der Waals surface area contributed by atoms with Crippen molar-refractivity contribution < 1.29 is 38.4 Å². The van der Waals surface area contributed by atoms with Crippen molar-refractivity contribution in [1.29, 1.82) is 0 Å². The van der Waals surface area contributed by atoms with Crippen LogP contribution in [0.1, 0.15) is 33.6 Å². The van der Waals surface area contributed by atoms with Crippen molar-refractivity contribution in [2.24, 2.45) is 0 Å². The topological polar surface area (TPSA) is 157 Å². The summed E-state index contributed by atoms with van der Waals surface area (Å²) in [6, 6.07) is 10.0. The van der Waals surface area contributed by atoms with Gasteiger partial charge in [0.25, 0.3) is 11.4 Å². The van der Waals surface area contributed by atoms with Crippen LogP contribution in [-0.4, -0.2) is 54.0 Å². The number of nitro groups is 2. The highest BCUT2D eigenvalue weighted by molar-refractivity contribution is 5.90. The van der Waals surface area contributed by atoms with E-state index in [0.29, 0.717) is 13.2 Å². The Morgan fingerprint density at radius 2 is 1.12 bits per heavy atom. The van der Waals surface area contributed by atoms with Gasteiger partial charge in [0, 0.05) is 37.1 Å². The molecule has 0 N–H and O–H groups in total. The highest BCUT2D eigenvalue weighted by Gasteiger charge is 2.37. The Hall–Kier alpha value is -3.90. The minimum absolute atomic E-state index is 0.0495. The molecule has 2 aromatic carbocycles. The second-order valence-corrected chi connectivity index (χ2v) is 6.99. The Morgan fingerprint density at radius 3 is 1.45 bits per heavy atom. The highest BCUT2D eigenvalue weighted by Crippen LogP contribution is 2.28. The van der Waals surface area contributed by atoms with Crippen LogP contribution < -0.4 is 0 Å². The van der Waals surface area contributed by atoms with Gasteiger partial charge in [0.15, 0.2) is 5.79 Å². The molecule has 2 aromatic rings. The lowest BCUT2D eigenvalue weighted by molar-refractivity contribution is -0.385. The molecule has 0 aromatic heterocycles. The number of esters is 2. The number of hydrogen-bond acceptors (Lipinski definition) is 10. The van der Waals surface area contributed by atoms with Crippen LogP contribution in [0.15, 0.2) is 48.5 Å². The van der Waals surface area contributed by atoms with Crippen LogP contribution in [0, 0.1) is 20.2 Å². The maximum atomic E-state index is 12.1. The first-order valence-electron chi connectivity index (χ1n) is 9.91. The summed E-state index contributed by atoms with van der Waals surface area (Å²) in [5.41, 5.74) is 0.0583. The van der Waals surface area contributed by atoms with E-state index in [0.717, 1.165) is 0 Å². The minimum atomic E-state index is -1.09. The molecular weight excluding hydrogens is 440 g/mol. The van der Waals surface area contributed by atoms with E-state index in [1.54, 1.807) is 0 Å². The van der Waals surface area contributed by atoms with Crippen LogP contribution in [0.4, 0.5) is 11.4 Å². The summed E-state index contributed by atoms with van der Waals surface area (Å²) in [5.74, 6) is -2.39. The molecule has 3 rings (SSSR count). The SMILES string of the molecule is O=C(OCCC1(CCOC(=O)c2ccc([N+](=O)[O-])cc2)OCCO1)c1ccc([N+](=O)[O-])cc1. The third kappa shape index (κ3) is 6.30. The summed E-state index contributed by atoms with van der Waals surface area (Å²) in [6.45, 7) is 0.553. The fraction of sp³-hybridized carbons (Fsp3) is 0.333. The lowest BCUT2D eigenvalue weighted by Crippen LogP contribution is -2.34. The fourth-order valence-electron chi connectivity index (χ4n) is 3.11. The van der Waals surface area contributed by atoms with E-state index >= 15 is 0 Å². The summed E-state index contributed by atoms with van der Waals surface area (Å²) in [4.78, 5) is 44.5. The second-order valence-electron chi connectivity index (χ2n) is 6.99. The standard InChI is InChI=1S/C21H20N2O10/c24-19(15-1-5-17(6-2-15)22(26)27)30-11-9-21(32-13-14-33-21)10-12-31-20(25)16-3-7-18(8-4-16)23(28)29/h1-8H,9-14H2. The zero-order chi connectivity index (χ0) is 23.8. The third-order valence-corrected chi connectivity index (χ3v) is 4.87. The van der Waals surface area contributed by atoms with Crippen molar-refractivity contribution in [1.82, 2.24) is 0 Å². The molecule has 33 heavy (non-hydrogen) atoms. The number of benzene rings is 2. The van der Waals surface area contributed by atoms with Crippen molar-refractivity contribution in [3.8, 4) is 0 Å². The Bertz CT molecular complexity index is 937. The van der Waals surface area contributed by atoms with E-state index < -0.39 is 27.6 Å². The predicted molar refractivity (Wildman–Crippen MR) is 111 cm³/mol. The quantitative estimate of drug-likeness (QED) is 0.293. The zero-order valence-corrected chi connectivity index (χ0v) is 17.3. The summed E-state index contributed by atoms with van der Waals surface area (Å²) in [5, 5.41) is 21.4. The van der Waals surface area contributed by atoms with Crippen LogP contribution in [0.25, 0.3) is 0 Å². The van der Waals surface area contributed by atoms with Gasteiger partial charge in [-0.1, -0.05) is 0 Å². The van der Waals surface area contributed by atoms with Gasteiger partial charge in [0.05, 0.1) is 47.4 Å². The lowest BCUT2D eigenvalue weighted by atomic mass is 10.1. The average molecular weight is 460 g/mol. The number of carbonyl (C=O) groups is 2. The Kier molecular flexibility index (Phi) is 7.64. The molecule has 1 heterocycles. The van der Waals surface area contributed by atoms with Crippen LogP contribution in [0.5, 0.6) is 0 Å². The summed E-state index contributed by atoms with van der Waals surface area (Å²) >= 11 is 0. The number of ether oxygens (including phenoxy) is 4. The van der Waals surface area contributed by atoms with Gasteiger partial charge in [-0.2, -0.15) is 0 Å². The molecule has 0 saturated carbocycles. The summed E-state index contributed by atoms with van der Waals surface area (Å²) in [6.07, 6.45) is 0.363. The van der Waals surface area contributed by atoms with Crippen LogP contribution in [0.2, 0.25) is 0 Å². The molecular formula is C21H20N2O10. The number of rotatable bonds is 10. The number of hydrogen-bond donors (Lipinski definition) is 0. The van der Waals surface area contributed by atoms with Crippen LogP contribution in [0.3, 0.4) is 0 Å². The fourth-order valence-corrected chi connectivity index (χ4v) is 3.11. The largest absolute Gasteiger partial charge is 0.462 e. The molecule has 0 bridgehead atoms. The molecule has 0 atom stereocenters. The van der Waals surface area contributed by atoms with Gasteiger partial charge in [-0.05, 0) is 24.3 Å². The summed E-state index contributed by atoms with van der Waals surface area (Å²) < 4.78 is 21.7. The van der Waals surface area contributed by atoms with Crippen molar-refractivity contribution in [3.63, 3.8) is 0 Å². The molecule has 1 saturated heterocycles. The van der Waals surface area contributed by atoms with Crippen LogP contribution in [-0.2, 0) is 18.9 Å². The van der Waals surface area contributed by atoms with Gasteiger partial charge in [0.2, 0.25) is 0 Å². The Labute approximate surface area is 187 Å². The smallest absolute Gasteiger partial charge is 0.338 e. The van der Waals surface area contributed by atoms with Crippen molar-refractivity contribution >= 4 is 23.3 Å². The van der Waals surface area contributed by atoms with E-state index in [2.05, 4.69) is 0 Å². The van der Waals surface area contributed by atoms with Gasteiger partial charge in [-0.15, -0.1) is 0 Å². The molecule has 0 amide bonds. The highest BCUT2D eigenvalue weighted by atomic mass is 16.7. The normalized spacial score (nSPS) is 14.4. The lowest BCUT2D eigenvalue weighted by Gasteiger charge is -2.27. The minimum Gasteiger partial charge on any atom is -0.462 e. The molecule has 12 heteroatoms. The molecule has 1 aliphatic heterocycles. The van der Waals surface area contributed by atoms with Gasteiger partial charge >= 0.3 is 11.9 Å².